The van der Waals surface area contributed by atoms with Gasteiger partial charge in [-0.1, -0.05) is 25.5 Å². The van der Waals surface area contributed by atoms with Gasteiger partial charge in [-0.25, -0.2) is 0 Å². The minimum atomic E-state index is -0.373. The topological polar surface area (TPSA) is 64.4 Å². The molecule has 0 fully saturated rings. The van der Waals surface area contributed by atoms with Crippen LogP contribution in [0.25, 0.3) is 0 Å². The number of carbonyl (C=O) groups excluding carboxylic acids is 1. The maximum absolute atomic E-state index is 11.6. The van der Waals surface area contributed by atoms with Crippen LogP contribution >= 0.6 is 0 Å². The van der Waals surface area contributed by atoms with Crippen molar-refractivity contribution < 1.29 is 9.53 Å². The van der Waals surface area contributed by atoms with Gasteiger partial charge in [-0.3, -0.25) is 4.79 Å². The van der Waals surface area contributed by atoms with Crippen molar-refractivity contribution >= 4 is 5.91 Å². The van der Waals surface area contributed by atoms with E-state index in [9.17, 15) is 4.79 Å². The molecule has 0 saturated heterocycles. The van der Waals surface area contributed by atoms with Crippen molar-refractivity contribution in [3.63, 3.8) is 0 Å². The third-order valence-corrected chi connectivity index (χ3v) is 3.01. The third kappa shape index (κ3) is 5.75. The lowest BCUT2D eigenvalue weighted by molar-refractivity contribution is -0.122. The molecule has 0 aliphatic rings. The fourth-order valence-corrected chi connectivity index (χ4v) is 1.91. The predicted octanol–water partition coefficient (Wildman–Crippen LogP) is 1.87. The van der Waals surface area contributed by atoms with E-state index < -0.39 is 0 Å². The average Bonchev–Trinajstić information content (AvgIpc) is 2.43. The average molecular weight is 264 g/mol. The van der Waals surface area contributed by atoms with Crippen LogP contribution in [0.3, 0.4) is 0 Å². The van der Waals surface area contributed by atoms with Crippen molar-refractivity contribution in [3.8, 4) is 5.75 Å². The highest BCUT2D eigenvalue weighted by atomic mass is 16.5. The molecule has 1 atom stereocenters. The summed E-state index contributed by atoms with van der Waals surface area (Å²) in [6, 6.07) is 7.61. The lowest BCUT2D eigenvalue weighted by atomic mass is 10.1. The summed E-state index contributed by atoms with van der Waals surface area (Å²) in [5.41, 5.74) is 6.94. The second kappa shape index (κ2) is 8.53. The molecule has 106 valence electrons. The van der Waals surface area contributed by atoms with Crippen LogP contribution in [0.5, 0.6) is 5.75 Å². The van der Waals surface area contributed by atoms with Gasteiger partial charge >= 0.3 is 0 Å². The van der Waals surface area contributed by atoms with Crippen LogP contribution in [-0.2, 0) is 11.2 Å². The maximum atomic E-state index is 11.6. The van der Waals surface area contributed by atoms with Crippen LogP contribution in [0.1, 0.15) is 31.7 Å². The standard InChI is InChI=1S/C15H24N2O2/c1-3-6-14(16)15(18)17-10-5-8-12-7-4-9-13(11-12)19-2/h4,7,9,11,14H,3,5-6,8,10,16H2,1-2H3,(H,17,18). The number of methoxy groups -OCH3 is 1. The van der Waals surface area contributed by atoms with Crippen molar-refractivity contribution in [2.24, 2.45) is 5.73 Å². The Bertz CT molecular complexity index is 393. The number of benzene rings is 1. The van der Waals surface area contributed by atoms with E-state index in [2.05, 4.69) is 11.4 Å². The summed E-state index contributed by atoms with van der Waals surface area (Å²) in [4.78, 5) is 11.6. The number of hydrogen-bond donors (Lipinski definition) is 2. The number of hydrogen-bond acceptors (Lipinski definition) is 3. The largest absolute Gasteiger partial charge is 0.497 e. The first-order valence-electron chi connectivity index (χ1n) is 6.83. The van der Waals surface area contributed by atoms with Crippen molar-refractivity contribution in [3.05, 3.63) is 29.8 Å². The number of nitrogens with one attached hydrogen (secondary N) is 1. The Kier molecular flexibility index (Phi) is 6.97. The molecule has 0 heterocycles. The zero-order valence-electron chi connectivity index (χ0n) is 11.8. The summed E-state index contributed by atoms with van der Waals surface area (Å²) in [5, 5.41) is 2.87. The van der Waals surface area contributed by atoms with E-state index in [0.29, 0.717) is 6.54 Å². The van der Waals surface area contributed by atoms with Gasteiger partial charge in [0.15, 0.2) is 0 Å². The van der Waals surface area contributed by atoms with Crippen LogP contribution in [0, 0.1) is 0 Å². The fourth-order valence-electron chi connectivity index (χ4n) is 1.91. The van der Waals surface area contributed by atoms with Gasteiger partial charge in [0.2, 0.25) is 5.91 Å². The molecule has 0 aromatic heterocycles. The molecular weight excluding hydrogens is 240 g/mol. The van der Waals surface area contributed by atoms with E-state index >= 15 is 0 Å². The Hall–Kier alpha value is -1.55. The molecule has 0 spiro atoms. The summed E-state index contributed by atoms with van der Waals surface area (Å²) < 4.78 is 5.17. The van der Waals surface area contributed by atoms with E-state index in [1.165, 1.54) is 5.56 Å². The van der Waals surface area contributed by atoms with E-state index in [0.717, 1.165) is 31.4 Å². The van der Waals surface area contributed by atoms with Crippen molar-refractivity contribution in [2.45, 2.75) is 38.6 Å². The lowest BCUT2D eigenvalue weighted by Gasteiger charge is -2.11. The summed E-state index contributed by atoms with van der Waals surface area (Å²) >= 11 is 0. The van der Waals surface area contributed by atoms with Crippen LogP contribution in [0.15, 0.2) is 24.3 Å². The monoisotopic (exact) mass is 264 g/mol. The van der Waals surface area contributed by atoms with Crippen LogP contribution in [-0.4, -0.2) is 25.6 Å². The van der Waals surface area contributed by atoms with Crippen molar-refractivity contribution in [1.29, 1.82) is 0 Å². The van der Waals surface area contributed by atoms with Gasteiger partial charge in [0.25, 0.3) is 0 Å². The Morgan fingerprint density at radius 2 is 2.26 bits per heavy atom. The molecule has 1 unspecified atom stereocenters. The highest BCUT2D eigenvalue weighted by molar-refractivity contribution is 5.81. The van der Waals surface area contributed by atoms with Crippen molar-refractivity contribution in [2.75, 3.05) is 13.7 Å². The predicted molar refractivity (Wildman–Crippen MR) is 77.2 cm³/mol. The molecule has 1 amide bonds. The summed E-state index contributed by atoms with van der Waals surface area (Å²) in [6.45, 7) is 2.68. The molecular formula is C15H24N2O2. The third-order valence-electron chi connectivity index (χ3n) is 3.01. The minimum absolute atomic E-state index is 0.0486. The zero-order valence-corrected chi connectivity index (χ0v) is 11.8. The zero-order chi connectivity index (χ0) is 14.1. The molecule has 4 nitrogen and oxygen atoms in total. The highest BCUT2D eigenvalue weighted by Crippen LogP contribution is 2.13. The Balaban J connectivity index is 2.25. The van der Waals surface area contributed by atoms with E-state index in [1.54, 1.807) is 7.11 Å². The molecule has 1 aromatic rings. The maximum Gasteiger partial charge on any atom is 0.236 e. The molecule has 19 heavy (non-hydrogen) atoms. The van der Waals surface area contributed by atoms with Gasteiger partial charge in [-0.15, -0.1) is 0 Å². The second-order valence-corrected chi connectivity index (χ2v) is 4.64. The molecule has 4 heteroatoms. The quantitative estimate of drug-likeness (QED) is 0.705. The highest BCUT2D eigenvalue weighted by Gasteiger charge is 2.10. The number of amides is 1. The number of rotatable bonds is 8. The van der Waals surface area contributed by atoms with Crippen LogP contribution < -0.4 is 15.8 Å². The second-order valence-electron chi connectivity index (χ2n) is 4.64. The van der Waals surface area contributed by atoms with Gasteiger partial charge < -0.3 is 15.8 Å². The van der Waals surface area contributed by atoms with E-state index in [4.69, 9.17) is 10.5 Å². The number of aryl methyl sites for hydroxylation is 1. The minimum Gasteiger partial charge on any atom is -0.497 e. The number of carbonyl (C=O) groups is 1. The number of nitrogens with two attached hydrogens (primary N) is 1. The first-order chi connectivity index (χ1) is 9.17. The normalized spacial score (nSPS) is 11.9. The van der Waals surface area contributed by atoms with Crippen LogP contribution in [0.4, 0.5) is 0 Å². The molecule has 0 radical (unpaired) electrons. The van der Waals surface area contributed by atoms with Gasteiger partial charge in [0, 0.05) is 6.54 Å². The lowest BCUT2D eigenvalue weighted by Crippen LogP contribution is -2.40. The van der Waals surface area contributed by atoms with Gasteiger partial charge in [0.1, 0.15) is 5.75 Å². The van der Waals surface area contributed by atoms with Gasteiger partial charge in [0.05, 0.1) is 13.2 Å². The summed E-state index contributed by atoms with van der Waals surface area (Å²) in [6.07, 6.45) is 3.48. The van der Waals surface area contributed by atoms with Crippen LogP contribution in [0.2, 0.25) is 0 Å². The first kappa shape index (κ1) is 15.5. The molecule has 0 bridgehead atoms. The van der Waals surface area contributed by atoms with E-state index in [-0.39, 0.29) is 11.9 Å². The molecule has 1 rings (SSSR count). The SMILES string of the molecule is CCCC(N)C(=O)NCCCc1cccc(OC)c1. The summed E-state index contributed by atoms with van der Waals surface area (Å²) in [7, 11) is 1.66. The summed E-state index contributed by atoms with van der Waals surface area (Å²) in [5.74, 6) is 0.819. The van der Waals surface area contributed by atoms with Gasteiger partial charge in [-0.2, -0.15) is 0 Å². The molecule has 0 aliphatic carbocycles. The van der Waals surface area contributed by atoms with Crippen molar-refractivity contribution in [1.82, 2.24) is 5.32 Å². The Morgan fingerprint density at radius 1 is 1.47 bits per heavy atom. The Labute approximate surface area is 115 Å². The van der Waals surface area contributed by atoms with Gasteiger partial charge in [-0.05, 0) is 37.0 Å². The Morgan fingerprint density at radius 3 is 2.95 bits per heavy atom. The molecule has 1 aromatic carbocycles. The number of ether oxygens (including phenoxy) is 1. The molecule has 0 saturated carbocycles. The fraction of sp³-hybridized carbons (Fsp3) is 0.533. The smallest absolute Gasteiger partial charge is 0.236 e. The molecule has 0 aliphatic heterocycles. The first-order valence-corrected chi connectivity index (χ1v) is 6.83. The molecule has 3 N–H and O–H groups in total. The van der Waals surface area contributed by atoms with E-state index in [1.807, 2.05) is 25.1 Å².